The van der Waals surface area contributed by atoms with Crippen LogP contribution in [0.1, 0.15) is 11.1 Å². The van der Waals surface area contributed by atoms with Gasteiger partial charge in [-0.05, 0) is 48.4 Å². The highest BCUT2D eigenvalue weighted by atomic mass is 19.1. The summed E-state index contributed by atoms with van der Waals surface area (Å²) < 4.78 is 18.6. The third-order valence-electron chi connectivity index (χ3n) is 2.49. The number of nitrogens with two attached hydrogens (primary N) is 1. The molecule has 0 radical (unpaired) electrons. The van der Waals surface area contributed by atoms with Gasteiger partial charge in [-0.2, -0.15) is 0 Å². The van der Waals surface area contributed by atoms with Gasteiger partial charge < -0.3 is 10.5 Å². The lowest BCUT2D eigenvalue weighted by molar-refractivity contribution is 0.305. The van der Waals surface area contributed by atoms with E-state index in [-0.39, 0.29) is 5.82 Å². The fourth-order valence-corrected chi connectivity index (χ4v) is 1.56. The molecule has 88 valence electrons. The largest absolute Gasteiger partial charge is 0.489 e. The molecule has 17 heavy (non-hydrogen) atoms. The van der Waals surface area contributed by atoms with Crippen LogP contribution in [-0.2, 0) is 6.61 Å². The van der Waals surface area contributed by atoms with E-state index in [0.717, 1.165) is 5.56 Å². The van der Waals surface area contributed by atoms with Gasteiger partial charge in [0.15, 0.2) is 0 Å². The maximum atomic E-state index is 13.0. The van der Waals surface area contributed by atoms with Gasteiger partial charge in [0, 0.05) is 5.69 Å². The predicted octanol–water partition coefficient (Wildman–Crippen LogP) is 3.30. The Morgan fingerprint density at radius 1 is 1.18 bits per heavy atom. The summed E-state index contributed by atoms with van der Waals surface area (Å²) in [6.45, 7) is 2.14. The van der Waals surface area contributed by atoms with Gasteiger partial charge in [0.25, 0.3) is 0 Å². The van der Waals surface area contributed by atoms with Gasteiger partial charge in [-0.25, -0.2) is 4.39 Å². The van der Waals surface area contributed by atoms with E-state index in [0.29, 0.717) is 23.6 Å². The number of ether oxygens (including phenoxy) is 1. The second kappa shape index (κ2) is 4.87. The molecular formula is C14H14FNO. The zero-order chi connectivity index (χ0) is 12.3. The van der Waals surface area contributed by atoms with Crippen molar-refractivity contribution in [3.05, 3.63) is 59.4 Å². The molecule has 0 aliphatic rings. The lowest BCUT2D eigenvalue weighted by atomic mass is 10.2. The molecule has 0 bridgehead atoms. The van der Waals surface area contributed by atoms with Gasteiger partial charge in [-0.15, -0.1) is 0 Å². The van der Waals surface area contributed by atoms with Crippen molar-refractivity contribution in [2.75, 3.05) is 5.73 Å². The Hall–Kier alpha value is -2.03. The molecule has 0 unspecified atom stereocenters. The molecule has 0 aliphatic heterocycles. The third kappa shape index (κ3) is 2.97. The number of aryl methyl sites for hydroxylation is 1. The molecule has 0 aliphatic carbocycles. The second-order valence-electron chi connectivity index (χ2n) is 3.94. The molecule has 2 nitrogen and oxygen atoms in total. The van der Waals surface area contributed by atoms with Gasteiger partial charge in [0.2, 0.25) is 0 Å². The van der Waals surface area contributed by atoms with Crippen LogP contribution in [0.4, 0.5) is 10.1 Å². The van der Waals surface area contributed by atoms with Crippen molar-refractivity contribution in [3.63, 3.8) is 0 Å². The van der Waals surface area contributed by atoms with Crippen molar-refractivity contribution in [3.8, 4) is 5.75 Å². The van der Waals surface area contributed by atoms with Crippen molar-refractivity contribution in [1.29, 1.82) is 0 Å². The summed E-state index contributed by atoms with van der Waals surface area (Å²) in [4.78, 5) is 0. The normalized spacial score (nSPS) is 10.2. The van der Waals surface area contributed by atoms with E-state index < -0.39 is 0 Å². The number of hydrogen-bond acceptors (Lipinski definition) is 2. The van der Waals surface area contributed by atoms with E-state index in [1.54, 1.807) is 19.1 Å². The first-order chi connectivity index (χ1) is 8.15. The molecule has 3 heteroatoms. The molecular weight excluding hydrogens is 217 g/mol. The van der Waals surface area contributed by atoms with E-state index in [1.165, 1.54) is 6.07 Å². The van der Waals surface area contributed by atoms with Gasteiger partial charge in [0.1, 0.15) is 18.2 Å². The average Bonchev–Trinajstić information content (AvgIpc) is 2.31. The molecule has 0 spiro atoms. The van der Waals surface area contributed by atoms with E-state index >= 15 is 0 Å². The minimum Gasteiger partial charge on any atom is -0.489 e. The number of hydrogen-bond donors (Lipinski definition) is 1. The molecule has 2 aromatic carbocycles. The Bertz CT molecular complexity index is 525. The highest BCUT2D eigenvalue weighted by molar-refractivity contribution is 5.40. The van der Waals surface area contributed by atoms with Crippen molar-refractivity contribution in [2.45, 2.75) is 13.5 Å². The molecule has 0 saturated heterocycles. The highest BCUT2D eigenvalue weighted by Gasteiger charge is 2.00. The molecule has 0 saturated carbocycles. The molecule has 0 fully saturated rings. The fourth-order valence-electron chi connectivity index (χ4n) is 1.56. The molecule has 0 aromatic heterocycles. The van der Waals surface area contributed by atoms with Crippen molar-refractivity contribution in [2.24, 2.45) is 0 Å². The molecule has 2 rings (SSSR count). The first-order valence-electron chi connectivity index (χ1n) is 5.38. The van der Waals surface area contributed by atoms with Crippen LogP contribution in [-0.4, -0.2) is 0 Å². The number of halogens is 1. The maximum Gasteiger partial charge on any atom is 0.126 e. The van der Waals surface area contributed by atoms with Crippen molar-refractivity contribution >= 4 is 5.69 Å². The second-order valence-corrected chi connectivity index (χ2v) is 3.94. The van der Waals surface area contributed by atoms with Crippen LogP contribution < -0.4 is 10.5 Å². The number of rotatable bonds is 3. The van der Waals surface area contributed by atoms with Crippen molar-refractivity contribution < 1.29 is 9.13 Å². The molecule has 0 heterocycles. The standard InChI is InChI=1S/C14H14FNO/c1-10-7-13(5-6-14(10)15)17-9-11-3-2-4-12(16)8-11/h2-8H,9,16H2,1H3. The summed E-state index contributed by atoms with van der Waals surface area (Å²) in [5.41, 5.74) is 7.95. The molecule has 2 aromatic rings. The average molecular weight is 231 g/mol. The van der Waals surface area contributed by atoms with Gasteiger partial charge in [-0.3, -0.25) is 0 Å². The Morgan fingerprint density at radius 2 is 2.00 bits per heavy atom. The minimum atomic E-state index is -0.221. The Labute approximate surface area is 99.8 Å². The first-order valence-corrected chi connectivity index (χ1v) is 5.38. The topological polar surface area (TPSA) is 35.2 Å². The Balaban J connectivity index is 2.05. The lowest BCUT2D eigenvalue weighted by Gasteiger charge is -2.07. The first kappa shape index (κ1) is 11.5. The Morgan fingerprint density at radius 3 is 2.71 bits per heavy atom. The summed E-state index contributed by atoms with van der Waals surface area (Å²) in [7, 11) is 0. The van der Waals surface area contributed by atoms with Crippen LogP contribution >= 0.6 is 0 Å². The van der Waals surface area contributed by atoms with Crippen LogP contribution in [0.25, 0.3) is 0 Å². The number of nitrogen functional groups attached to an aromatic ring is 1. The summed E-state index contributed by atoms with van der Waals surface area (Å²) in [5, 5.41) is 0. The summed E-state index contributed by atoms with van der Waals surface area (Å²) in [5.74, 6) is 0.438. The fraction of sp³-hybridized carbons (Fsp3) is 0.143. The monoisotopic (exact) mass is 231 g/mol. The summed E-state index contributed by atoms with van der Waals surface area (Å²) in [6, 6.07) is 12.2. The lowest BCUT2D eigenvalue weighted by Crippen LogP contribution is -1.97. The third-order valence-corrected chi connectivity index (χ3v) is 2.49. The van der Waals surface area contributed by atoms with Crippen LogP contribution in [0.3, 0.4) is 0 Å². The smallest absolute Gasteiger partial charge is 0.126 e. The minimum absolute atomic E-state index is 0.221. The van der Waals surface area contributed by atoms with Crippen LogP contribution in [0, 0.1) is 12.7 Å². The van der Waals surface area contributed by atoms with E-state index in [9.17, 15) is 4.39 Å². The van der Waals surface area contributed by atoms with E-state index in [1.807, 2.05) is 24.3 Å². The van der Waals surface area contributed by atoms with Gasteiger partial charge in [-0.1, -0.05) is 12.1 Å². The number of benzene rings is 2. The SMILES string of the molecule is Cc1cc(OCc2cccc(N)c2)ccc1F. The summed E-state index contributed by atoms with van der Waals surface area (Å²) >= 11 is 0. The Kier molecular flexibility index (Phi) is 3.28. The van der Waals surface area contributed by atoms with Crippen LogP contribution in [0.15, 0.2) is 42.5 Å². The highest BCUT2D eigenvalue weighted by Crippen LogP contribution is 2.17. The predicted molar refractivity (Wildman–Crippen MR) is 66.3 cm³/mol. The number of anilines is 1. The summed E-state index contributed by atoms with van der Waals surface area (Å²) in [6.07, 6.45) is 0. The van der Waals surface area contributed by atoms with Crippen molar-refractivity contribution in [1.82, 2.24) is 0 Å². The van der Waals surface area contributed by atoms with Crippen LogP contribution in [0.2, 0.25) is 0 Å². The molecule has 0 atom stereocenters. The molecule has 0 amide bonds. The van der Waals surface area contributed by atoms with Gasteiger partial charge in [0.05, 0.1) is 0 Å². The van der Waals surface area contributed by atoms with E-state index in [4.69, 9.17) is 10.5 Å². The zero-order valence-corrected chi connectivity index (χ0v) is 9.61. The van der Waals surface area contributed by atoms with Gasteiger partial charge >= 0.3 is 0 Å². The molecule has 2 N–H and O–H groups in total. The quantitative estimate of drug-likeness (QED) is 0.822. The van der Waals surface area contributed by atoms with E-state index in [2.05, 4.69) is 0 Å². The van der Waals surface area contributed by atoms with Crippen LogP contribution in [0.5, 0.6) is 5.75 Å². The zero-order valence-electron chi connectivity index (χ0n) is 9.61. The maximum absolute atomic E-state index is 13.0.